The molecule has 0 unspecified atom stereocenters. The number of hydrogen-bond acceptors (Lipinski definition) is 2. The van der Waals surface area contributed by atoms with Crippen molar-refractivity contribution < 1.29 is 4.79 Å². The fourth-order valence-corrected chi connectivity index (χ4v) is 1.91. The largest absolute Gasteiger partial charge is 0.384 e. The summed E-state index contributed by atoms with van der Waals surface area (Å²) in [5.74, 6) is 0.100. The summed E-state index contributed by atoms with van der Waals surface area (Å²) in [5, 5.41) is 6.11. The molecule has 2 rings (SSSR count). The Labute approximate surface area is 89.9 Å². The van der Waals surface area contributed by atoms with Gasteiger partial charge in [0.05, 0.1) is 6.42 Å². The molecule has 1 aromatic rings. The predicted molar refractivity (Wildman–Crippen MR) is 61.0 cm³/mol. The van der Waals surface area contributed by atoms with Crippen LogP contribution in [0.4, 0.5) is 5.69 Å². The molecule has 15 heavy (non-hydrogen) atoms. The van der Waals surface area contributed by atoms with Crippen LogP contribution < -0.4 is 10.6 Å². The monoisotopic (exact) mass is 204 g/mol. The van der Waals surface area contributed by atoms with Crippen molar-refractivity contribution in [2.75, 3.05) is 18.4 Å². The van der Waals surface area contributed by atoms with Crippen LogP contribution in [0.1, 0.15) is 18.1 Å². The van der Waals surface area contributed by atoms with Crippen LogP contribution in [0.25, 0.3) is 0 Å². The fourth-order valence-electron chi connectivity index (χ4n) is 1.91. The Morgan fingerprint density at radius 3 is 3.20 bits per heavy atom. The Balaban J connectivity index is 2.06. The maximum Gasteiger partial charge on any atom is 0.224 e. The van der Waals surface area contributed by atoms with Gasteiger partial charge < -0.3 is 10.6 Å². The normalized spacial score (nSPS) is 13.1. The molecule has 0 atom stereocenters. The molecular formula is C12H16N2O. The number of amides is 1. The molecule has 0 fully saturated rings. The summed E-state index contributed by atoms with van der Waals surface area (Å²) in [4.78, 5) is 11.4. The zero-order valence-electron chi connectivity index (χ0n) is 8.97. The van der Waals surface area contributed by atoms with Crippen LogP contribution in [0.5, 0.6) is 0 Å². The Morgan fingerprint density at radius 2 is 2.40 bits per heavy atom. The van der Waals surface area contributed by atoms with Crippen molar-refractivity contribution in [3.8, 4) is 0 Å². The molecular weight excluding hydrogens is 188 g/mol. The Bertz CT molecular complexity index is 374. The molecule has 2 N–H and O–H groups in total. The molecule has 0 aromatic heterocycles. The molecule has 1 aliphatic rings. The van der Waals surface area contributed by atoms with Gasteiger partial charge in [0, 0.05) is 18.8 Å². The van der Waals surface area contributed by atoms with Crippen molar-refractivity contribution in [3.05, 3.63) is 29.3 Å². The number of carbonyl (C=O) groups excluding carboxylic acids is 1. The first kappa shape index (κ1) is 10.0. The van der Waals surface area contributed by atoms with Gasteiger partial charge in [0.1, 0.15) is 0 Å². The van der Waals surface area contributed by atoms with Gasteiger partial charge in [0.25, 0.3) is 0 Å². The number of hydrogen-bond donors (Lipinski definition) is 2. The lowest BCUT2D eigenvalue weighted by Crippen LogP contribution is -2.24. The number of rotatable bonds is 3. The highest BCUT2D eigenvalue weighted by Gasteiger charge is 2.10. The second-order valence-electron chi connectivity index (χ2n) is 3.80. The number of anilines is 1. The van der Waals surface area contributed by atoms with Gasteiger partial charge in [-0.1, -0.05) is 12.1 Å². The van der Waals surface area contributed by atoms with Crippen LogP contribution in [0.2, 0.25) is 0 Å². The van der Waals surface area contributed by atoms with E-state index < -0.39 is 0 Å². The molecule has 0 saturated heterocycles. The third-order valence-corrected chi connectivity index (χ3v) is 2.62. The van der Waals surface area contributed by atoms with Crippen LogP contribution in [0.15, 0.2) is 18.2 Å². The predicted octanol–water partition coefficient (Wildman–Crippen LogP) is 1.33. The minimum Gasteiger partial charge on any atom is -0.384 e. The van der Waals surface area contributed by atoms with Crippen LogP contribution in [0.3, 0.4) is 0 Å². The van der Waals surface area contributed by atoms with E-state index in [0.717, 1.165) is 18.5 Å². The maximum absolute atomic E-state index is 11.4. The van der Waals surface area contributed by atoms with Crippen LogP contribution in [0, 0.1) is 0 Å². The summed E-state index contributed by atoms with van der Waals surface area (Å²) in [5.41, 5.74) is 3.65. The van der Waals surface area contributed by atoms with Gasteiger partial charge in [0.2, 0.25) is 5.91 Å². The number of fused-ring (bicyclic) bond motifs is 1. The van der Waals surface area contributed by atoms with E-state index in [1.807, 2.05) is 13.0 Å². The number of likely N-dealkylation sites (N-methyl/N-ethyl adjacent to an activating group) is 1. The van der Waals surface area contributed by atoms with Gasteiger partial charge in [-0.05, 0) is 30.5 Å². The van der Waals surface area contributed by atoms with E-state index in [0.29, 0.717) is 13.0 Å². The second-order valence-corrected chi connectivity index (χ2v) is 3.80. The molecule has 3 heteroatoms. The van der Waals surface area contributed by atoms with Gasteiger partial charge >= 0.3 is 0 Å². The van der Waals surface area contributed by atoms with Crippen molar-refractivity contribution in [2.24, 2.45) is 0 Å². The first-order valence-electron chi connectivity index (χ1n) is 5.42. The summed E-state index contributed by atoms with van der Waals surface area (Å²) in [6, 6.07) is 6.22. The summed E-state index contributed by atoms with van der Waals surface area (Å²) in [6.07, 6.45) is 1.56. The van der Waals surface area contributed by atoms with E-state index in [1.165, 1.54) is 11.3 Å². The minimum atomic E-state index is 0.100. The molecule has 80 valence electrons. The highest BCUT2D eigenvalue weighted by Crippen LogP contribution is 2.23. The molecule has 0 spiro atoms. The number of carbonyl (C=O) groups is 1. The van der Waals surface area contributed by atoms with Crippen molar-refractivity contribution in [1.82, 2.24) is 5.32 Å². The maximum atomic E-state index is 11.4. The third kappa shape index (κ3) is 2.29. The Kier molecular flexibility index (Phi) is 2.90. The van der Waals surface area contributed by atoms with Crippen molar-refractivity contribution in [3.63, 3.8) is 0 Å². The van der Waals surface area contributed by atoms with Gasteiger partial charge in [-0.15, -0.1) is 0 Å². The highest BCUT2D eigenvalue weighted by molar-refractivity contribution is 5.78. The van der Waals surface area contributed by atoms with Crippen LogP contribution in [-0.2, 0) is 17.6 Å². The average molecular weight is 204 g/mol. The fraction of sp³-hybridized carbons (Fsp3) is 0.417. The Hall–Kier alpha value is -1.51. The van der Waals surface area contributed by atoms with E-state index in [4.69, 9.17) is 0 Å². The van der Waals surface area contributed by atoms with Crippen molar-refractivity contribution in [1.29, 1.82) is 0 Å². The summed E-state index contributed by atoms with van der Waals surface area (Å²) in [6.45, 7) is 3.65. The van der Waals surface area contributed by atoms with Gasteiger partial charge in [-0.3, -0.25) is 4.79 Å². The Morgan fingerprint density at radius 1 is 1.53 bits per heavy atom. The second kappa shape index (κ2) is 4.34. The SMILES string of the molecule is CCNC(=O)Cc1ccc2c(c1)CCN2. The molecule has 0 radical (unpaired) electrons. The summed E-state index contributed by atoms with van der Waals surface area (Å²) < 4.78 is 0. The van der Waals surface area contributed by atoms with E-state index in [9.17, 15) is 4.79 Å². The minimum absolute atomic E-state index is 0.100. The van der Waals surface area contributed by atoms with E-state index in [2.05, 4.69) is 22.8 Å². The van der Waals surface area contributed by atoms with Gasteiger partial charge in [-0.25, -0.2) is 0 Å². The molecule has 1 amide bonds. The lowest BCUT2D eigenvalue weighted by atomic mass is 10.1. The molecule has 1 aromatic carbocycles. The first-order valence-corrected chi connectivity index (χ1v) is 5.42. The quantitative estimate of drug-likeness (QED) is 0.780. The number of nitrogens with one attached hydrogen (secondary N) is 2. The smallest absolute Gasteiger partial charge is 0.224 e. The number of benzene rings is 1. The van der Waals surface area contributed by atoms with Gasteiger partial charge in [-0.2, -0.15) is 0 Å². The molecule has 3 nitrogen and oxygen atoms in total. The van der Waals surface area contributed by atoms with Crippen molar-refractivity contribution >= 4 is 11.6 Å². The lowest BCUT2D eigenvalue weighted by Gasteiger charge is -2.05. The molecule has 1 heterocycles. The summed E-state index contributed by atoms with van der Waals surface area (Å²) in [7, 11) is 0. The highest BCUT2D eigenvalue weighted by atomic mass is 16.1. The standard InChI is InChI=1S/C12H16N2O/c1-2-13-12(15)8-9-3-4-11-10(7-9)5-6-14-11/h3-4,7,14H,2,5-6,8H2,1H3,(H,13,15). The van der Waals surface area contributed by atoms with Crippen LogP contribution >= 0.6 is 0 Å². The van der Waals surface area contributed by atoms with Gasteiger partial charge in [0.15, 0.2) is 0 Å². The first-order chi connectivity index (χ1) is 7.29. The summed E-state index contributed by atoms with van der Waals surface area (Å²) >= 11 is 0. The average Bonchev–Trinajstić information content (AvgIpc) is 2.65. The lowest BCUT2D eigenvalue weighted by molar-refractivity contribution is -0.120. The molecule has 0 saturated carbocycles. The molecule has 0 bridgehead atoms. The topological polar surface area (TPSA) is 41.1 Å². The van der Waals surface area contributed by atoms with Crippen molar-refractivity contribution in [2.45, 2.75) is 19.8 Å². The van der Waals surface area contributed by atoms with E-state index >= 15 is 0 Å². The molecule has 1 aliphatic heterocycles. The van der Waals surface area contributed by atoms with E-state index in [-0.39, 0.29) is 5.91 Å². The zero-order valence-corrected chi connectivity index (χ0v) is 8.97. The third-order valence-electron chi connectivity index (χ3n) is 2.62. The van der Waals surface area contributed by atoms with Crippen LogP contribution in [-0.4, -0.2) is 19.0 Å². The zero-order chi connectivity index (χ0) is 10.7. The van der Waals surface area contributed by atoms with E-state index in [1.54, 1.807) is 0 Å². The molecule has 0 aliphatic carbocycles.